The van der Waals surface area contributed by atoms with Crippen molar-refractivity contribution in [3.8, 4) is 5.69 Å². The fraction of sp³-hybridized carbons (Fsp3) is 0.375. The Labute approximate surface area is 180 Å². The molecule has 1 N–H and O–H groups in total. The van der Waals surface area contributed by atoms with Crippen LogP contribution in [0.25, 0.3) is 16.6 Å². The molecule has 6 heteroatoms. The number of benzene rings is 2. The Bertz CT molecular complexity index is 1130. The SMILES string of the molecule is Cc1cc(C)cc(-n2c(S[C@@H](C)C(=O)NC3CCCC3)nc3ccccc3c2=O)c1. The van der Waals surface area contributed by atoms with Crippen molar-refractivity contribution in [1.82, 2.24) is 14.9 Å². The minimum Gasteiger partial charge on any atom is -0.352 e. The fourth-order valence-corrected chi connectivity index (χ4v) is 5.04. The first kappa shape index (κ1) is 20.7. The first-order valence-electron chi connectivity index (χ1n) is 10.5. The second-order valence-electron chi connectivity index (χ2n) is 8.15. The lowest BCUT2D eigenvalue weighted by atomic mass is 10.1. The highest BCUT2D eigenvalue weighted by molar-refractivity contribution is 8.00. The number of hydrogen-bond acceptors (Lipinski definition) is 4. The summed E-state index contributed by atoms with van der Waals surface area (Å²) >= 11 is 1.34. The van der Waals surface area contributed by atoms with Crippen molar-refractivity contribution < 1.29 is 4.79 Å². The number of hydrogen-bond donors (Lipinski definition) is 1. The molecule has 5 nitrogen and oxygen atoms in total. The monoisotopic (exact) mass is 421 g/mol. The second kappa shape index (κ2) is 8.64. The van der Waals surface area contributed by atoms with Gasteiger partial charge in [0, 0.05) is 6.04 Å². The molecule has 1 aromatic heterocycles. The zero-order valence-corrected chi connectivity index (χ0v) is 18.5. The van der Waals surface area contributed by atoms with E-state index in [-0.39, 0.29) is 22.8 Å². The van der Waals surface area contributed by atoms with Gasteiger partial charge in [-0.05, 0) is 69.0 Å². The standard InChI is InChI=1S/C24H27N3O2S/c1-15-12-16(2)14-19(13-15)27-23(29)20-10-6-7-11-21(20)26-24(27)30-17(3)22(28)25-18-8-4-5-9-18/h6-7,10-14,17-18H,4-5,8-9H2,1-3H3,(H,25,28)/t17-/m0/s1. The maximum absolute atomic E-state index is 13.4. The summed E-state index contributed by atoms with van der Waals surface area (Å²) in [4.78, 5) is 30.9. The number of thioether (sulfide) groups is 1. The molecule has 0 unspecified atom stereocenters. The van der Waals surface area contributed by atoms with Gasteiger partial charge in [0.25, 0.3) is 5.56 Å². The van der Waals surface area contributed by atoms with Gasteiger partial charge in [0.15, 0.2) is 5.16 Å². The molecule has 0 aliphatic heterocycles. The fourth-order valence-electron chi connectivity index (χ4n) is 4.10. The molecule has 1 aliphatic carbocycles. The van der Waals surface area contributed by atoms with Crippen LogP contribution in [0.5, 0.6) is 0 Å². The summed E-state index contributed by atoms with van der Waals surface area (Å²) in [7, 11) is 0. The molecule has 4 rings (SSSR count). The van der Waals surface area contributed by atoms with Crippen LogP contribution >= 0.6 is 11.8 Å². The van der Waals surface area contributed by atoms with Crippen LogP contribution in [0, 0.1) is 13.8 Å². The molecule has 1 atom stereocenters. The smallest absolute Gasteiger partial charge is 0.266 e. The topological polar surface area (TPSA) is 64.0 Å². The maximum atomic E-state index is 13.4. The average molecular weight is 422 g/mol. The normalized spacial score (nSPS) is 15.4. The van der Waals surface area contributed by atoms with Gasteiger partial charge in [-0.3, -0.25) is 14.2 Å². The van der Waals surface area contributed by atoms with Gasteiger partial charge in [-0.2, -0.15) is 0 Å². The quantitative estimate of drug-likeness (QED) is 0.485. The van der Waals surface area contributed by atoms with Crippen molar-refractivity contribution in [2.45, 2.75) is 62.9 Å². The van der Waals surface area contributed by atoms with E-state index in [4.69, 9.17) is 4.98 Å². The summed E-state index contributed by atoms with van der Waals surface area (Å²) in [6, 6.07) is 13.7. The summed E-state index contributed by atoms with van der Waals surface area (Å²) in [6.07, 6.45) is 4.44. The Balaban J connectivity index is 1.75. The van der Waals surface area contributed by atoms with E-state index in [0.29, 0.717) is 16.1 Å². The molecule has 1 aliphatic rings. The Hall–Kier alpha value is -2.60. The van der Waals surface area contributed by atoms with Gasteiger partial charge in [0.2, 0.25) is 5.91 Å². The van der Waals surface area contributed by atoms with E-state index in [1.165, 1.54) is 24.6 Å². The van der Waals surface area contributed by atoms with E-state index < -0.39 is 0 Å². The van der Waals surface area contributed by atoms with Gasteiger partial charge >= 0.3 is 0 Å². The minimum atomic E-state index is -0.351. The summed E-state index contributed by atoms with van der Waals surface area (Å²) in [5.74, 6) is 0.00119. The lowest BCUT2D eigenvalue weighted by Crippen LogP contribution is -2.38. The lowest BCUT2D eigenvalue weighted by Gasteiger charge is -2.19. The molecule has 30 heavy (non-hydrogen) atoms. The molecule has 0 saturated heterocycles. The summed E-state index contributed by atoms with van der Waals surface area (Å²) in [6.45, 7) is 5.91. The predicted molar refractivity (Wildman–Crippen MR) is 123 cm³/mol. The van der Waals surface area contributed by atoms with Gasteiger partial charge in [-0.15, -0.1) is 0 Å². The second-order valence-corrected chi connectivity index (χ2v) is 9.46. The van der Waals surface area contributed by atoms with Gasteiger partial charge in [0.1, 0.15) is 0 Å². The summed E-state index contributed by atoms with van der Waals surface area (Å²) in [5, 5.41) is 3.91. The lowest BCUT2D eigenvalue weighted by molar-refractivity contribution is -0.120. The molecule has 1 fully saturated rings. The first-order chi connectivity index (χ1) is 14.4. The molecular formula is C24H27N3O2S. The van der Waals surface area contributed by atoms with Crippen molar-refractivity contribution >= 4 is 28.6 Å². The Morgan fingerprint density at radius 2 is 1.80 bits per heavy atom. The van der Waals surface area contributed by atoms with Crippen LogP contribution in [-0.4, -0.2) is 26.8 Å². The minimum absolute atomic E-state index is 0.00119. The largest absolute Gasteiger partial charge is 0.352 e. The molecular weight excluding hydrogens is 394 g/mol. The van der Waals surface area contributed by atoms with Crippen LogP contribution in [0.4, 0.5) is 0 Å². The molecule has 156 valence electrons. The predicted octanol–water partition coefficient (Wildman–Crippen LogP) is 4.54. The van der Waals surface area contributed by atoms with Crippen LogP contribution in [0.1, 0.15) is 43.7 Å². The zero-order chi connectivity index (χ0) is 21.3. The molecule has 0 spiro atoms. The van der Waals surface area contributed by atoms with Crippen LogP contribution in [0.3, 0.4) is 0 Å². The molecule has 3 aromatic rings. The number of rotatable bonds is 5. The van der Waals surface area contributed by atoms with E-state index >= 15 is 0 Å². The highest BCUT2D eigenvalue weighted by Gasteiger charge is 2.24. The van der Waals surface area contributed by atoms with Crippen LogP contribution in [-0.2, 0) is 4.79 Å². The van der Waals surface area contributed by atoms with Crippen molar-refractivity contribution in [3.63, 3.8) is 0 Å². The number of fused-ring (bicyclic) bond motifs is 1. The van der Waals surface area contributed by atoms with Crippen molar-refractivity contribution in [2.75, 3.05) is 0 Å². The molecule has 2 aromatic carbocycles. The number of carbonyl (C=O) groups excluding carboxylic acids is 1. The molecule has 0 bridgehead atoms. The average Bonchev–Trinajstić information content (AvgIpc) is 3.20. The number of para-hydroxylation sites is 1. The Morgan fingerprint density at radius 1 is 1.13 bits per heavy atom. The van der Waals surface area contributed by atoms with Crippen LogP contribution in [0.2, 0.25) is 0 Å². The Morgan fingerprint density at radius 3 is 2.50 bits per heavy atom. The van der Waals surface area contributed by atoms with Crippen molar-refractivity contribution in [3.05, 3.63) is 63.9 Å². The number of amides is 1. The highest BCUT2D eigenvalue weighted by atomic mass is 32.2. The Kier molecular flexibility index (Phi) is 5.95. The molecule has 1 saturated carbocycles. The van der Waals surface area contributed by atoms with Gasteiger partial charge in [-0.25, -0.2) is 4.98 Å². The maximum Gasteiger partial charge on any atom is 0.266 e. The third-order valence-corrected chi connectivity index (χ3v) is 6.61. The number of carbonyl (C=O) groups is 1. The molecule has 1 amide bonds. The van der Waals surface area contributed by atoms with Gasteiger partial charge in [0.05, 0.1) is 21.8 Å². The van der Waals surface area contributed by atoms with Crippen LogP contribution < -0.4 is 10.9 Å². The van der Waals surface area contributed by atoms with Gasteiger partial charge < -0.3 is 5.32 Å². The molecule has 0 radical (unpaired) electrons. The van der Waals surface area contributed by atoms with E-state index in [1.807, 2.05) is 51.1 Å². The number of aromatic nitrogens is 2. The highest BCUT2D eigenvalue weighted by Crippen LogP contribution is 2.27. The number of nitrogens with one attached hydrogen (secondary N) is 1. The van der Waals surface area contributed by atoms with E-state index in [2.05, 4.69) is 11.4 Å². The zero-order valence-electron chi connectivity index (χ0n) is 17.6. The van der Waals surface area contributed by atoms with Crippen LogP contribution in [0.15, 0.2) is 52.4 Å². The van der Waals surface area contributed by atoms with Gasteiger partial charge in [-0.1, -0.05) is 42.8 Å². The van der Waals surface area contributed by atoms with Crippen molar-refractivity contribution in [1.29, 1.82) is 0 Å². The summed E-state index contributed by atoms with van der Waals surface area (Å²) < 4.78 is 1.65. The third kappa shape index (κ3) is 4.29. The van der Waals surface area contributed by atoms with E-state index in [9.17, 15) is 9.59 Å². The first-order valence-corrected chi connectivity index (χ1v) is 11.4. The molecule has 1 heterocycles. The number of nitrogens with zero attached hydrogens (tertiary/aromatic N) is 2. The summed E-state index contributed by atoms with van der Waals surface area (Å²) in [5.41, 5.74) is 3.47. The van der Waals surface area contributed by atoms with Crippen molar-refractivity contribution in [2.24, 2.45) is 0 Å². The number of aryl methyl sites for hydroxylation is 2. The van der Waals surface area contributed by atoms with E-state index in [0.717, 1.165) is 29.7 Å². The third-order valence-electron chi connectivity index (χ3n) is 5.56. The van der Waals surface area contributed by atoms with E-state index in [1.54, 1.807) is 10.6 Å².